The number of hydrogen-bond acceptors (Lipinski definition) is 2. The number of hydrogen-bond donors (Lipinski definition) is 2. The van der Waals surface area contributed by atoms with Gasteiger partial charge in [0.25, 0.3) is 0 Å². The number of alkyl halides is 3. The van der Waals surface area contributed by atoms with Gasteiger partial charge in [0.05, 0.1) is 5.56 Å². The average Bonchev–Trinajstić information content (AvgIpc) is 2.63. The van der Waals surface area contributed by atoms with E-state index in [-0.39, 0.29) is 22.4 Å². The lowest BCUT2D eigenvalue weighted by atomic mass is 9.86. The first kappa shape index (κ1) is 18.5. The lowest BCUT2D eigenvalue weighted by Crippen LogP contribution is -2.16. The van der Waals surface area contributed by atoms with Gasteiger partial charge in [-0.3, -0.25) is 4.79 Å². The topological polar surface area (TPSA) is 63.3 Å². The van der Waals surface area contributed by atoms with Crippen molar-refractivity contribution in [1.29, 1.82) is 0 Å². The maximum atomic E-state index is 13.4. The number of phenols is 1. The van der Waals surface area contributed by atoms with Gasteiger partial charge in [-0.05, 0) is 47.4 Å². The normalized spacial score (nSPS) is 11.4. The Hall–Kier alpha value is -3.28. The van der Waals surface area contributed by atoms with Crippen molar-refractivity contribution in [1.82, 2.24) is 0 Å². The van der Waals surface area contributed by atoms with E-state index in [1.165, 1.54) is 6.07 Å². The van der Waals surface area contributed by atoms with Crippen LogP contribution in [-0.2, 0) is 6.18 Å². The predicted octanol–water partition coefficient (Wildman–Crippen LogP) is 5.15. The Bertz CT molecular complexity index is 1010. The second-order valence-electron chi connectivity index (χ2n) is 6.12. The summed E-state index contributed by atoms with van der Waals surface area (Å²) in [6, 6.07) is 14.9. The van der Waals surface area contributed by atoms with E-state index in [0.29, 0.717) is 16.7 Å². The van der Waals surface area contributed by atoms with Crippen LogP contribution in [0.15, 0.2) is 60.7 Å². The molecule has 0 saturated heterocycles. The van der Waals surface area contributed by atoms with E-state index in [2.05, 4.69) is 0 Å². The standard InChI is InChI=1S/C21H16F3NO2/c1-12-15(8-5-9-18(12)26)19-16(13-6-3-2-4-7-13)10-14(21(22,23)24)11-17(19)20(25)27/h2-11,26H,1H3,(H2,25,27). The highest BCUT2D eigenvalue weighted by atomic mass is 19.4. The molecule has 0 aromatic heterocycles. The molecule has 0 bridgehead atoms. The van der Waals surface area contributed by atoms with Gasteiger partial charge in [0.15, 0.2) is 0 Å². The molecule has 0 aliphatic heterocycles. The zero-order valence-corrected chi connectivity index (χ0v) is 14.3. The third kappa shape index (κ3) is 3.51. The van der Waals surface area contributed by atoms with Gasteiger partial charge in [0.2, 0.25) is 5.91 Å². The first-order chi connectivity index (χ1) is 12.7. The van der Waals surface area contributed by atoms with Crippen molar-refractivity contribution < 1.29 is 23.1 Å². The summed E-state index contributed by atoms with van der Waals surface area (Å²) < 4.78 is 40.2. The molecule has 6 heteroatoms. The highest BCUT2D eigenvalue weighted by Gasteiger charge is 2.33. The third-order valence-electron chi connectivity index (χ3n) is 4.39. The second kappa shape index (κ2) is 6.79. The minimum Gasteiger partial charge on any atom is -0.508 e. The maximum Gasteiger partial charge on any atom is 0.416 e. The van der Waals surface area contributed by atoms with Crippen molar-refractivity contribution in [3.63, 3.8) is 0 Å². The minimum atomic E-state index is -4.64. The van der Waals surface area contributed by atoms with Crippen LogP contribution in [0.4, 0.5) is 13.2 Å². The summed E-state index contributed by atoms with van der Waals surface area (Å²) in [4.78, 5) is 12.0. The molecule has 0 aliphatic carbocycles. The molecule has 0 fully saturated rings. The SMILES string of the molecule is Cc1c(O)cccc1-c1c(C(N)=O)cc(C(F)(F)F)cc1-c1ccccc1. The number of rotatable bonds is 3. The van der Waals surface area contributed by atoms with E-state index >= 15 is 0 Å². The summed E-state index contributed by atoms with van der Waals surface area (Å²) in [7, 11) is 0. The molecule has 0 aliphatic rings. The van der Waals surface area contributed by atoms with Crippen LogP contribution in [0.2, 0.25) is 0 Å². The van der Waals surface area contributed by atoms with Gasteiger partial charge in [-0.15, -0.1) is 0 Å². The van der Waals surface area contributed by atoms with Crippen LogP contribution in [0.25, 0.3) is 22.3 Å². The number of halogens is 3. The molecule has 0 atom stereocenters. The number of primary amides is 1. The molecule has 3 N–H and O–H groups in total. The predicted molar refractivity (Wildman–Crippen MR) is 97.2 cm³/mol. The monoisotopic (exact) mass is 371 g/mol. The zero-order chi connectivity index (χ0) is 19.8. The number of aromatic hydroxyl groups is 1. The largest absolute Gasteiger partial charge is 0.508 e. The Morgan fingerprint density at radius 1 is 0.963 bits per heavy atom. The van der Waals surface area contributed by atoms with Gasteiger partial charge in [0.1, 0.15) is 5.75 Å². The fraction of sp³-hybridized carbons (Fsp3) is 0.0952. The van der Waals surface area contributed by atoms with Gasteiger partial charge in [0, 0.05) is 11.1 Å². The maximum absolute atomic E-state index is 13.4. The Kier molecular flexibility index (Phi) is 4.66. The molecule has 0 unspecified atom stereocenters. The van der Waals surface area contributed by atoms with Crippen molar-refractivity contribution in [3.8, 4) is 28.0 Å². The van der Waals surface area contributed by atoms with E-state index in [9.17, 15) is 23.1 Å². The molecular formula is C21H16F3NO2. The molecule has 0 saturated carbocycles. The molecular weight excluding hydrogens is 355 g/mol. The minimum absolute atomic E-state index is 0.0261. The van der Waals surface area contributed by atoms with Crippen molar-refractivity contribution in [2.45, 2.75) is 13.1 Å². The van der Waals surface area contributed by atoms with Crippen LogP contribution in [0, 0.1) is 6.92 Å². The fourth-order valence-electron chi connectivity index (χ4n) is 3.03. The van der Waals surface area contributed by atoms with E-state index in [1.807, 2.05) is 0 Å². The molecule has 0 heterocycles. The lowest BCUT2D eigenvalue weighted by molar-refractivity contribution is -0.137. The van der Waals surface area contributed by atoms with E-state index in [1.54, 1.807) is 49.4 Å². The number of benzene rings is 3. The Morgan fingerprint density at radius 2 is 1.63 bits per heavy atom. The molecule has 138 valence electrons. The number of carbonyl (C=O) groups is 1. The average molecular weight is 371 g/mol. The Morgan fingerprint density at radius 3 is 2.22 bits per heavy atom. The summed E-state index contributed by atoms with van der Waals surface area (Å²) in [6.07, 6.45) is -4.64. The van der Waals surface area contributed by atoms with Crippen LogP contribution in [0.3, 0.4) is 0 Å². The summed E-state index contributed by atoms with van der Waals surface area (Å²) in [5.41, 5.74) is 6.08. The van der Waals surface area contributed by atoms with Gasteiger partial charge < -0.3 is 10.8 Å². The van der Waals surface area contributed by atoms with Crippen LogP contribution < -0.4 is 5.73 Å². The van der Waals surface area contributed by atoms with Crippen molar-refractivity contribution in [2.24, 2.45) is 5.73 Å². The number of phenolic OH excluding ortho intramolecular Hbond substituents is 1. The molecule has 3 aromatic carbocycles. The molecule has 0 spiro atoms. The molecule has 0 radical (unpaired) electrons. The van der Waals surface area contributed by atoms with Crippen LogP contribution >= 0.6 is 0 Å². The zero-order valence-electron chi connectivity index (χ0n) is 14.3. The van der Waals surface area contributed by atoms with Crippen LogP contribution in [0.1, 0.15) is 21.5 Å². The van der Waals surface area contributed by atoms with Crippen molar-refractivity contribution in [3.05, 3.63) is 77.4 Å². The Balaban J connectivity index is 2.47. The van der Waals surface area contributed by atoms with Crippen LogP contribution in [-0.4, -0.2) is 11.0 Å². The van der Waals surface area contributed by atoms with E-state index in [4.69, 9.17) is 5.73 Å². The van der Waals surface area contributed by atoms with Gasteiger partial charge in [-0.1, -0.05) is 42.5 Å². The molecule has 1 amide bonds. The molecule has 3 rings (SSSR count). The quantitative estimate of drug-likeness (QED) is 0.669. The first-order valence-electron chi connectivity index (χ1n) is 8.09. The van der Waals surface area contributed by atoms with Gasteiger partial charge in [-0.2, -0.15) is 13.2 Å². The number of amides is 1. The van der Waals surface area contributed by atoms with Gasteiger partial charge in [-0.25, -0.2) is 0 Å². The summed E-state index contributed by atoms with van der Waals surface area (Å²) in [6.45, 7) is 1.63. The van der Waals surface area contributed by atoms with Gasteiger partial charge >= 0.3 is 6.18 Å². The fourth-order valence-corrected chi connectivity index (χ4v) is 3.03. The summed E-state index contributed by atoms with van der Waals surface area (Å²) >= 11 is 0. The molecule has 27 heavy (non-hydrogen) atoms. The molecule has 3 aromatic rings. The lowest BCUT2D eigenvalue weighted by Gasteiger charge is -2.19. The van der Waals surface area contributed by atoms with Crippen molar-refractivity contribution >= 4 is 5.91 Å². The van der Waals surface area contributed by atoms with E-state index < -0.39 is 17.6 Å². The smallest absolute Gasteiger partial charge is 0.416 e. The first-order valence-corrected chi connectivity index (χ1v) is 8.09. The van der Waals surface area contributed by atoms with Crippen LogP contribution in [0.5, 0.6) is 5.75 Å². The third-order valence-corrected chi connectivity index (χ3v) is 4.39. The van der Waals surface area contributed by atoms with Crippen molar-refractivity contribution in [2.75, 3.05) is 0 Å². The highest BCUT2D eigenvalue weighted by Crippen LogP contribution is 2.42. The second-order valence-corrected chi connectivity index (χ2v) is 6.12. The summed E-state index contributed by atoms with van der Waals surface area (Å²) in [5.74, 6) is -1.00. The van der Waals surface area contributed by atoms with E-state index in [0.717, 1.165) is 12.1 Å². The number of carbonyl (C=O) groups excluding carboxylic acids is 1. The Labute approximate surface area is 153 Å². The summed E-state index contributed by atoms with van der Waals surface area (Å²) in [5, 5.41) is 10.0. The highest BCUT2D eigenvalue weighted by molar-refractivity contribution is 6.05. The number of nitrogens with two attached hydrogens (primary N) is 1. The molecule has 3 nitrogen and oxygen atoms in total.